The molecule has 1 fully saturated rings. The Labute approximate surface area is 110 Å². The van der Waals surface area contributed by atoms with Crippen molar-refractivity contribution in [3.05, 3.63) is 35.4 Å². The minimum Gasteiger partial charge on any atom is -0.212 e. The quantitative estimate of drug-likeness (QED) is 0.844. The van der Waals surface area contributed by atoms with Gasteiger partial charge in [0.1, 0.15) is 0 Å². The molecule has 3 nitrogen and oxygen atoms in total. The Morgan fingerprint density at radius 3 is 2.44 bits per heavy atom. The Morgan fingerprint density at radius 1 is 1.22 bits per heavy atom. The second-order valence-corrected chi connectivity index (χ2v) is 7.23. The van der Waals surface area contributed by atoms with Gasteiger partial charge in [0, 0.05) is 13.1 Å². The first-order valence-corrected chi connectivity index (χ1v) is 8.12. The lowest BCUT2D eigenvalue weighted by Crippen LogP contribution is -2.38. The highest BCUT2D eigenvalue weighted by molar-refractivity contribution is 7.88. The predicted molar refractivity (Wildman–Crippen MR) is 73.8 cm³/mol. The van der Waals surface area contributed by atoms with E-state index in [1.165, 1.54) is 0 Å². The molecule has 4 heteroatoms. The van der Waals surface area contributed by atoms with Gasteiger partial charge < -0.3 is 0 Å². The third-order valence-corrected chi connectivity index (χ3v) is 5.56. The largest absolute Gasteiger partial charge is 0.218 e. The molecule has 2 rings (SSSR count). The number of hydrogen-bond donors (Lipinski definition) is 0. The average Bonchev–Trinajstić information content (AvgIpc) is 2.32. The molecule has 1 aromatic carbocycles. The number of hydrogen-bond acceptors (Lipinski definition) is 2. The molecule has 0 aromatic heterocycles. The molecule has 18 heavy (non-hydrogen) atoms. The van der Waals surface area contributed by atoms with Crippen LogP contribution in [0.5, 0.6) is 0 Å². The third-order valence-electron chi connectivity index (χ3n) is 3.74. The van der Waals surface area contributed by atoms with Crippen molar-refractivity contribution in [2.45, 2.75) is 32.4 Å². The molecule has 1 aliphatic heterocycles. The molecular formula is C14H21NO2S. The first-order valence-electron chi connectivity index (χ1n) is 6.51. The smallest absolute Gasteiger partial charge is 0.212 e. The normalized spacial score (nSPS) is 19.0. The van der Waals surface area contributed by atoms with E-state index in [0.717, 1.165) is 24.0 Å². The van der Waals surface area contributed by atoms with Gasteiger partial charge >= 0.3 is 0 Å². The Hall–Kier alpha value is -0.870. The average molecular weight is 267 g/mol. The van der Waals surface area contributed by atoms with Gasteiger partial charge in [-0.2, -0.15) is 0 Å². The van der Waals surface area contributed by atoms with Crippen molar-refractivity contribution in [2.24, 2.45) is 5.92 Å². The second-order valence-electron chi connectivity index (χ2n) is 5.26. The van der Waals surface area contributed by atoms with Gasteiger partial charge in [0.25, 0.3) is 0 Å². The summed E-state index contributed by atoms with van der Waals surface area (Å²) in [4.78, 5) is 0. The lowest BCUT2D eigenvalue weighted by atomic mass is 10.0. The van der Waals surface area contributed by atoms with Crippen LogP contribution in [0.1, 0.15) is 30.9 Å². The molecule has 0 bridgehead atoms. The van der Waals surface area contributed by atoms with E-state index in [9.17, 15) is 8.42 Å². The highest BCUT2D eigenvalue weighted by Gasteiger charge is 2.26. The van der Waals surface area contributed by atoms with Gasteiger partial charge in [-0.05, 0) is 36.8 Å². The maximum atomic E-state index is 12.3. The molecule has 0 spiro atoms. The maximum absolute atomic E-state index is 12.3. The summed E-state index contributed by atoms with van der Waals surface area (Å²) in [5.74, 6) is 0.781. The first kappa shape index (κ1) is 13.6. The van der Waals surface area contributed by atoms with Crippen LogP contribution in [0.3, 0.4) is 0 Å². The molecule has 0 radical (unpaired) electrons. The van der Waals surface area contributed by atoms with Crippen molar-refractivity contribution in [2.75, 3.05) is 13.1 Å². The molecule has 0 amide bonds. The van der Waals surface area contributed by atoms with Gasteiger partial charge in [-0.1, -0.05) is 31.2 Å². The van der Waals surface area contributed by atoms with Crippen LogP contribution in [-0.2, 0) is 15.8 Å². The molecule has 1 heterocycles. The van der Waals surface area contributed by atoms with Crippen molar-refractivity contribution in [1.82, 2.24) is 4.31 Å². The summed E-state index contributed by atoms with van der Waals surface area (Å²) in [6.45, 7) is 5.50. The molecule has 1 aromatic rings. The second kappa shape index (κ2) is 5.41. The molecule has 1 aliphatic rings. The van der Waals surface area contributed by atoms with Gasteiger partial charge in [-0.25, -0.2) is 12.7 Å². The summed E-state index contributed by atoms with van der Waals surface area (Å²) in [6, 6.07) is 7.70. The number of rotatable bonds is 3. The number of aryl methyl sites for hydroxylation is 1. The van der Waals surface area contributed by atoms with E-state index in [1.54, 1.807) is 4.31 Å². The van der Waals surface area contributed by atoms with Gasteiger partial charge in [0.2, 0.25) is 10.0 Å². The molecule has 100 valence electrons. The Bertz CT molecular complexity index is 502. The van der Waals surface area contributed by atoms with Crippen LogP contribution < -0.4 is 0 Å². The molecule has 0 atom stereocenters. The Kier molecular flexibility index (Phi) is 4.07. The SMILES string of the molecule is Cc1ccccc1CS(=O)(=O)N1CCC(C)CC1. The van der Waals surface area contributed by atoms with Gasteiger partial charge in [0.15, 0.2) is 0 Å². The van der Waals surface area contributed by atoms with E-state index in [1.807, 2.05) is 31.2 Å². The summed E-state index contributed by atoms with van der Waals surface area (Å²) < 4.78 is 26.3. The lowest BCUT2D eigenvalue weighted by molar-refractivity contribution is 0.287. The maximum Gasteiger partial charge on any atom is 0.218 e. The van der Waals surface area contributed by atoms with E-state index >= 15 is 0 Å². The van der Waals surface area contributed by atoms with E-state index in [2.05, 4.69) is 6.92 Å². The van der Waals surface area contributed by atoms with Crippen molar-refractivity contribution in [3.8, 4) is 0 Å². The van der Waals surface area contributed by atoms with E-state index in [-0.39, 0.29) is 5.75 Å². The van der Waals surface area contributed by atoms with Gasteiger partial charge in [-0.3, -0.25) is 0 Å². The van der Waals surface area contributed by atoms with Crippen LogP contribution >= 0.6 is 0 Å². The molecule has 0 saturated carbocycles. The predicted octanol–water partition coefficient (Wildman–Crippen LogP) is 2.56. The van der Waals surface area contributed by atoms with Crippen LogP contribution in [0.25, 0.3) is 0 Å². The molecule has 0 aliphatic carbocycles. The lowest BCUT2D eigenvalue weighted by Gasteiger charge is -2.29. The van der Waals surface area contributed by atoms with Crippen molar-refractivity contribution < 1.29 is 8.42 Å². The van der Waals surface area contributed by atoms with Crippen LogP contribution in [0, 0.1) is 12.8 Å². The Morgan fingerprint density at radius 2 is 1.83 bits per heavy atom. The minimum atomic E-state index is -3.15. The first-order chi connectivity index (χ1) is 8.49. The minimum absolute atomic E-state index is 0.133. The van der Waals surface area contributed by atoms with Crippen molar-refractivity contribution in [3.63, 3.8) is 0 Å². The summed E-state index contributed by atoms with van der Waals surface area (Å²) in [7, 11) is -3.15. The van der Waals surface area contributed by atoms with Crippen LogP contribution in [0.2, 0.25) is 0 Å². The fourth-order valence-electron chi connectivity index (χ4n) is 2.32. The van der Waals surface area contributed by atoms with Gasteiger partial charge in [-0.15, -0.1) is 0 Å². The molecule has 0 unspecified atom stereocenters. The van der Waals surface area contributed by atoms with E-state index in [4.69, 9.17) is 0 Å². The van der Waals surface area contributed by atoms with E-state index in [0.29, 0.717) is 19.0 Å². The molecular weight excluding hydrogens is 246 g/mol. The summed E-state index contributed by atoms with van der Waals surface area (Å²) >= 11 is 0. The zero-order valence-electron chi connectivity index (χ0n) is 11.1. The fraction of sp³-hybridized carbons (Fsp3) is 0.571. The number of sulfonamides is 1. The van der Waals surface area contributed by atoms with E-state index < -0.39 is 10.0 Å². The highest BCUT2D eigenvalue weighted by atomic mass is 32.2. The third kappa shape index (κ3) is 3.12. The monoisotopic (exact) mass is 267 g/mol. The molecule has 1 saturated heterocycles. The van der Waals surface area contributed by atoms with Gasteiger partial charge in [0.05, 0.1) is 5.75 Å². The number of nitrogens with zero attached hydrogens (tertiary/aromatic N) is 1. The van der Waals surface area contributed by atoms with Crippen LogP contribution in [-0.4, -0.2) is 25.8 Å². The fourth-order valence-corrected chi connectivity index (χ4v) is 3.99. The van der Waals surface area contributed by atoms with Crippen molar-refractivity contribution in [1.29, 1.82) is 0 Å². The standard InChI is InChI=1S/C14H21NO2S/c1-12-7-9-15(10-8-12)18(16,17)11-14-6-4-3-5-13(14)2/h3-6,12H,7-11H2,1-2H3. The number of benzene rings is 1. The summed E-state index contributed by atoms with van der Waals surface area (Å²) in [6.07, 6.45) is 1.96. The Balaban J connectivity index is 2.10. The van der Waals surface area contributed by atoms with Crippen LogP contribution in [0.15, 0.2) is 24.3 Å². The summed E-state index contributed by atoms with van der Waals surface area (Å²) in [5, 5.41) is 0. The number of piperidine rings is 1. The van der Waals surface area contributed by atoms with Crippen molar-refractivity contribution >= 4 is 10.0 Å². The zero-order chi connectivity index (χ0) is 13.2. The highest BCUT2D eigenvalue weighted by Crippen LogP contribution is 2.21. The topological polar surface area (TPSA) is 37.4 Å². The van der Waals surface area contributed by atoms with Crippen LogP contribution in [0.4, 0.5) is 0 Å². The zero-order valence-corrected chi connectivity index (χ0v) is 11.9. The molecule has 0 N–H and O–H groups in total. The summed E-state index contributed by atoms with van der Waals surface area (Å²) in [5.41, 5.74) is 1.96.